The smallest absolute Gasteiger partial charge is 0.258 e. The molecule has 0 atom stereocenters. The summed E-state index contributed by atoms with van der Waals surface area (Å²) in [4.78, 5) is 11.4. The molecule has 20 heavy (non-hydrogen) atoms. The van der Waals surface area contributed by atoms with E-state index in [4.69, 9.17) is 46.4 Å². The van der Waals surface area contributed by atoms with Crippen molar-refractivity contribution in [3.05, 3.63) is 60.5 Å². The number of benzene rings is 2. The zero-order valence-corrected chi connectivity index (χ0v) is 13.4. The minimum atomic E-state index is -0.623. The number of halogens is 4. The second-order valence-electron chi connectivity index (χ2n) is 3.65. The fraction of sp³-hybridized carbons (Fsp3) is 0. The molecule has 0 spiro atoms. The highest BCUT2D eigenvalue weighted by Gasteiger charge is 2.20. The summed E-state index contributed by atoms with van der Waals surface area (Å²) in [6.07, 6.45) is 0. The molecule has 0 bridgehead atoms. The Hall–Kier alpha value is -0.650. The molecule has 0 fully saturated rings. The molecule has 0 heterocycles. The fourth-order valence-electron chi connectivity index (χ4n) is 1.47. The van der Waals surface area contributed by atoms with Gasteiger partial charge in [0.25, 0.3) is 0 Å². The van der Waals surface area contributed by atoms with Gasteiger partial charge in [0.1, 0.15) is 10.0 Å². The van der Waals surface area contributed by atoms with Gasteiger partial charge in [-0.1, -0.05) is 64.2 Å². The van der Waals surface area contributed by atoms with Crippen molar-refractivity contribution in [2.75, 3.05) is 0 Å². The van der Waals surface area contributed by atoms with Crippen molar-refractivity contribution in [3.63, 3.8) is 0 Å². The average Bonchev–Trinajstić information content (AvgIpc) is 2.32. The lowest BCUT2D eigenvalue weighted by molar-refractivity contribution is -0.384. The molecule has 0 aliphatic carbocycles. The molecule has 0 saturated carbocycles. The van der Waals surface area contributed by atoms with Crippen LogP contribution in [0.25, 0.3) is 0 Å². The Morgan fingerprint density at radius 3 is 1.90 bits per heavy atom. The van der Waals surface area contributed by atoms with Crippen LogP contribution in [0.2, 0.25) is 20.1 Å². The van der Waals surface area contributed by atoms with Gasteiger partial charge in [-0.15, -0.1) is 0 Å². The summed E-state index contributed by atoms with van der Waals surface area (Å²) < 4.78 is 0. The highest BCUT2D eigenvalue weighted by molar-refractivity contribution is 7.99. The molecule has 0 radical (unpaired) electrons. The lowest BCUT2D eigenvalue weighted by Crippen LogP contribution is -1.91. The molecule has 0 saturated heterocycles. The Morgan fingerprint density at radius 1 is 0.950 bits per heavy atom. The van der Waals surface area contributed by atoms with Crippen LogP contribution in [0.4, 0.5) is 5.69 Å². The van der Waals surface area contributed by atoms with Crippen molar-refractivity contribution in [1.82, 2.24) is 0 Å². The summed E-state index contributed by atoms with van der Waals surface area (Å²) in [5.74, 6) is 0. The van der Waals surface area contributed by atoms with Crippen molar-refractivity contribution >= 4 is 63.9 Å². The zero-order valence-electron chi connectivity index (χ0n) is 9.57. The van der Waals surface area contributed by atoms with Gasteiger partial charge in [-0.3, -0.25) is 10.1 Å². The van der Waals surface area contributed by atoms with Crippen molar-refractivity contribution in [1.29, 1.82) is 0 Å². The monoisotopic (exact) mass is 367 g/mol. The minimum Gasteiger partial charge on any atom is -0.258 e. The Labute approximate surface area is 138 Å². The van der Waals surface area contributed by atoms with Gasteiger partial charge in [0, 0.05) is 9.79 Å². The molecule has 2 aromatic carbocycles. The van der Waals surface area contributed by atoms with Crippen LogP contribution in [0.15, 0.2) is 40.1 Å². The molecule has 0 aliphatic heterocycles. The molecule has 0 unspecified atom stereocenters. The summed E-state index contributed by atoms with van der Waals surface area (Å²) in [5.41, 5.74) is -0.317. The fourth-order valence-corrected chi connectivity index (χ4v) is 3.78. The maximum absolute atomic E-state index is 10.8. The van der Waals surface area contributed by atoms with Crippen molar-refractivity contribution in [2.24, 2.45) is 0 Å². The van der Waals surface area contributed by atoms with Crippen molar-refractivity contribution in [2.45, 2.75) is 9.79 Å². The zero-order chi connectivity index (χ0) is 14.9. The third-order valence-electron chi connectivity index (χ3n) is 2.31. The molecule has 8 heteroatoms. The van der Waals surface area contributed by atoms with E-state index < -0.39 is 4.92 Å². The summed E-state index contributed by atoms with van der Waals surface area (Å²) in [5, 5.41) is 11.7. The van der Waals surface area contributed by atoms with E-state index in [2.05, 4.69) is 0 Å². The number of nitro groups is 1. The van der Waals surface area contributed by atoms with Crippen LogP contribution in [0.1, 0.15) is 0 Å². The molecule has 104 valence electrons. The molecule has 2 rings (SSSR count). The maximum Gasteiger partial charge on any atom is 0.306 e. The van der Waals surface area contributed by atoms with Gasteiger partial charge in [0.05, 0.1) is 15.0 Å². The molecule has 0 aliphatic rings. The van der Waals surface area contributed by atoms with Crippen LogP contribution in [0.3, 0.4) is 0 Å². The van der Waals surface area contributed by atoms with Crippen LogP contribution >= 0.6 is 58.2 Å². The predicted octanol–water partition coefficient (Wildman–Crippen LogP) is 6.36. The number of hydrogen-bond acceptors (Lipinski definition) is 3. The van der Waals surface area contributed by atoms with E-state index in [0.29, 0.717) is 19.8 Å². The molecular formula is C12H5Cl4NO2S. The Balaban J connectivity index is 2.43. The lowest BCUT2D eigenvalue weighted by atomic mass is 10.3. The highest BCUT2D eigenvalue weighted by atomic mass is 35.5. The number of nitro benzene ring substituents is 1. The van der Waals surface area contributed by atoms with Gasteiger partial charge in [-0.25, -0.2) is 0 Å². The SMILES string of the molecule is O=[N+]([O-])c1c(Cl)cc(Sc2c(Cl)cccc2Cl)cc1Cl. The first-order valence-corrected chi connectivity index (χ1v) is 7.48. The second-order valence-corrected chi connectivity index (χ2v) is 6.36. The average molecular weight is 369 g/mol. The number of rotatable bonds is 3. The summed E-state index contributed by atoms with van der Waals surface area (Å²) in [6, 6.07) is 8.03. The molecule has 0 aromatic heterocycles. The van der Waals surface area contributed by atoms with Gasteiger partial charge in [-0.05, 0) is 24.3 Å². The normalized spacial score (nSPS) is 10.6. The highest BCUT2D eigenvalue weighted by Crippen LogP contribution is 2.42. The van der Waals surface area contributed by atoms with Gasteiger partial charge < -0.3 is 0 Å². The van der Waals surface area contributed by atoms with Crippen LogP contribution in [0.5, 0.6) is 0 Å². The van der Waals surface area contributed by atoms with Crippen LogP contribution < -0.4 is 0 Å². The first kappa shape index (κ1) is 15.7. The number of hydrogen-bond donors (Lipinski definition) is 0. The number of nitrogens with zero attached hydrogens (tertiary/aromatic N) is 1. The molecule has 2 aromatic rings. The van der Waals surface area contributed by atoms with Gasteiger partial charge in [0.2, 0.25) is 0 Å². The third kappa shape index (κ3) is 3.32. The van der Waals surface area contributed by atoms with Crippen molar-refractivity contribution < 1.29 is 4.92 Å². The standard InChI is InChI=1S/C12H5Cl4NO2S/c13-7-2-1-3-8(14)12(7)20-6-4-9(15)11(17(18)19)10(16)5-6/h1-5H. The van der Waals surface area contributed by atoms with Crippen LogP contribution in [-0.2, 0) is 0 Å². The summed E-state index contributed by atoms with van der Waals surface area (Å²) in [6.45, 7) is 0. The maximum atomic E-state index is 10.8. The predicted molar refractivity (Wildman–Crippen MR) is 83.7 cm³/mol. The van der Waals surface area contributed by atoms with E-state index in [1.165, 1.54) is 23.9 Å². The Morgan fingerprint density at radius 2 is 1.45 bits per heavy atom. The van der Waals surface area contributed by atoms with Crippen molar-refractivity contribution in [3.8, 4) is 0 Å². The van der Waals surface area contributed by atoms with E-state index in [0.717, 1.165) is 0 Å². The van der Waals surface area contributed by atoms with E-state index in [9.17, 15) is 10.1 Å². The Kier molecular flexibility index (Phi) is 5.04. The van der Waals surface area contributed by atoms with Gasteiger partial charge in [0.15, 0.2) is 0 Å². The van der Waals surface area contributed by atoms with E-state index in [1.807, 2.05) is 0 Å². The lowest BCUT2D eigenvalue weighted by Gasteiger charge is -2.07. The summed E-state index contributed by atoms with van der Waals surface area (Å²) >= 11 is 25.1. The minimum absolute atomic E-state index is 0.0341. The third-order valence-corrected chi connectivity index (χ3v) is 4.86. The first-order valence-electron chi connectivity index (χ1n) is 5.15. The van der Waals surface area contributed by atoms with E-state index >= 15 is 0 Å². The van der Waals surface area contributed by atoms with Gasteiger partial charge in [-0.2, -0.15) is 0 Å². The molecule has 0 N–H and O–H groups in total. The quantitative estimate of drug-likeness (QED) is 0.467. The van der Waals surface area contributed by atoms with Gasteiger partial charge >= 0.3 is 5.69 Å². The first-order chi connectivity index (χ1) is 9.40. The molecular weight excluding hydrogens is 364 g/mol. The van der Waals surface area contributed by atoms with E-state index in [1.54, 1.807) is 18.2 Å². The second kappa shape index (κ2) is 6.41. The van der Waals surface area contributed by atoms with Crippen LogP contribution in [-0.4, -0.2) is 4.92 Å². The Bertz CT molecular complexity index is 650. The van der Waals surface area contributed by atoms with E-state index in [-0.39, 0.29) is 15.7 Å². The molecule has 0 amide bonds. The topological polar surface area (TPSA) is 43.1 Å². The molecule has 3 nitrogen and oxygen atoms in total. The summed E-state index contributed by atoms with van der Waals surface area (Å²) in [7, 11) is 0. The van der Waals surface area contributed by atoms with Crippen LogP contribution in [0, 0.1) is 10.1 Å². The largest absolute Gasteiger partial charge is 0.306 e.